The van der Waals surface area contributed by atoms with Crippen LogP contribution in [0, 0.1) is 0 Å². The van der Waals surface area contributed by atoms with Crippen molar-refractivity contribution in [2.75, 3.05) is 20.2 Å². The number of carbonyl (C=O) groups excluding carboxylic acids is 1. The number of phenolic OH excluding ortho intramolecular Hbond substituents is 2. The fourth-order valence-electron chi connectivity index (χ4n) is 3.89. The number of carbonyl (C=O) groups is 1. The number of methoxy groups -OCH3 is 1. The second-order valence-electron chi connectivity index (χ2n) is 8.04. The summed E-state index contributed by atoms with van der Waals surface area (Å²) in [6, 6.07) is 22.6. The van der Waals surface area contributed by atoms with Gasteiger partial charge in [0.1, 0.15) is 11.5 Å². The first-order valence-corrected chi connectivity index (χ1v) is 10.9. The molecule has 32 heavy (non-hydrogen) atoms. The molecule has 2 N–H and O–H groups in total. The molecule has 1 atom stereocenters. The SMILES string of the molecule is COC(=O)c1ccc(CC(C)N(CCc2ccccc2O)CCc2ccccc2O)cc1. The van der Waals surface area contributed by atoms with E-state index in [2.05, 4.69) is 11.8 Å². The van der Waals surface area contributed by atoms with Crippen LogP contribution in [0.25, 0.3) is 0 Å². The van der Waals surface area contributed by atoms with Gasteiger partial charge in [-0.25, -0.2) is 4.79 Å². The number of benzene rings is 3. The van der Waals surface area contributed by atoms with E-state index < -0.39 is 0 Å². The number of hydrogen-bond donors (Lipinski definition) is 2. The molecule has 3 aromatic carbocycles. The van der Waals surface area contributed by atoms with Crippen LogP contribution in [0.2, 0.25) is 0 Å². The molecule has 168 valence electrons. The van der Waals surface area contributed by atoms with Gasteiger partial charge in [0.2, 0.25) is 0 Å². The average molecular weight is 434 g/mol. The van der Waals surface area contributed by atoms with Gasteiger partial charge >= 0.3 is 5.97 Å². The smallest absolute Gasteiger partial charge is 0.337 e. The fraction of sp³-hybridized carbons (Fsp3) is 0.296. The van der Waals surface area contributed by atoms with Crippen molar-refractivity contribution in [2.24, 2.45) is 0 Å². The summed E-state index contributed by atoms with van der Waals surface area (Å²) in [6.45, 7) is 3.75. The molecule has 5 nitrogen and oxygen atoms in total. The Kier molecular flexibility index (Phi) is 8.28. The molecule has 0 bridgehead atoms. The maximum Gasteiger partial charge on any atom is 0.337 e. The molecule has 0 aliphatic rings. The molecular formula is C27H31NO4. The van der Waals surface area contributed by atoms with Crippen LogP contribution in [0.15, 0.2) is 72.8 Å². The molecular weight excluding hydrogens is 402 g/mol. The number of ether oxygens (including phenoxy) is 1. The van der Waals surface area contributed by atoms with E-state index in [1.807, 2.05) is 48.5 Å². The predicted octanol–water partition coefficient (Wildman–Crippen LogP) is 4.60. The van der Waals surface area contributed by atoms with Gasteiger partial charge in [0, 0.05) is 19.1 Å². The Morgan fingerprint density at radius 1 is 0.844 bits per heavy atom. The van der Waals surface area contributed by atoms with E-state index in [4.69, 9.17) is 4.74 Å². The second-order valence-corrected chi connectivity index (χ2v) is 8.04. The summed E-state index contributed by atoms with van der Waals surface area (Å²) in [4.78, 5) is 14.1. The van der Waals surface area contributed by atoms with Crippen molar-refractivity contribution in [3.05, 3.63) is 95.1 Å². The Hall–Kier alpha value is -3.31. The quantitative estimate of drug-likeness (QED) is 0.457. The minimum atomic E-state index is -0.337. The summed E-state index contributed by atoms with van der Waals surface area (Å²) < 4.78 is 4.77. The molecule has 0 aromatic heterocycles. The van der Waals surface area contributed by atoms with E-state index >= 15 is 0 Å². The third-order valence-corrected chi connectivity index (χ3v) is 5.85. The third-order valence-electron chi connectivity index (χ3n) is 5.85. The average Bonchev–Trinajstić information content (AvgIpc) is 2.81. The number of rotatable bonds is 10. The van der Waals surface area contributed by atoms with Crippen molar-refractivity contribution in [3.63, 3.8) is 0 Å². The lowest BCUT2D eigenvalue weighted by Gasteiger charge is -2.30. The number of phenols is 2. The number of esters is 1. The minimum Gasteiger partial charge on any atom is -0.508 e. The first-order chi connectivity index (χ1) is 15.5. The lowest BCUT2D eigenvalue weighted by Crippen LogP contribution is -2.38. The van der Waals surface area contributed by atoms with Crippen molar-refractivity contribution in [3.8, 4) is 11.5 Å². The molecule has 3 aromatic rings. The topological polar surface area (TPSA) is 70.0 Å². The lowest BCUT2D eigenvalue weighted by atomic mass is 10.0. The number of aromatic hydroxyl groups is 2. The summed E-state index contributed by atoms with van der Waals surface area (Å²) in [5.74, 6) is 0.301. The maximum atomic E-state index is 11.7. The maximum absolute atomic E-state index is 11.7. The molecule has 3 rings (SSSR count). The molecule has 0 spiro atoms. The van der Waals surface area contributed by atoms with Gasteiger partial charge < -0.3 is 14.9 Å². The van der Waals surface area contributed by atoms with Crippen LogP contribution in [0.4, 0.5) is 0 Å². The van der Waals surface area contributed by atoms with Crippen LogP contribution in [-0.2, 0) is 24.0 Å². The van der Waals surface area contributed by atoms with Crippen molar-refractivity contribution in [1.82, 2.24) is 4.90 Å². The fourth-order valence-corrected chi connectivity index (χ4v) is 3.89. The number of nitrogens with zero attached hydrogens (tertiary/aromatic N) is 1. The monoisotopic (exact) mass is 433 g/mol. The number of hydrogen-bond acceptors (Lipinski definition) is 5. The van der Waals surface area contributed by atoms with E-state index in [1.165, 1.54) is 7.11 Å². The Bertz CT molecular complexity index is 967. The lowest BCUT2D eigenvalue weighted by molar-refractivity contribution is 0.0600. The van der Waals surface area contributed by atoms with Gasteiger partial charge in [-0.1, -0.05) is 48.5 Å². The van der Waals surface area contributed by atoms with Crippen LogP contribution < -0.4 is 0 Å². The summed E-state index contributed by atoms with van der Waals surface area (Å²) in [5.41, 5.74) is 3.53. The highest BCUT2D eigenvalue weighted by molar-refractivity contribution is 5.89. The normalized spacial score (nSPS) is 12.0. The van der Waals surface area contributed by atoms with Gasteiger partial charge in [0.15, 0.2) is 0 Å². The van der Waals surface area contributed by atoms with E-state index in [9.17, 15) is 15.0 Å². The molecule has 0 fully saturated rings. The van der Waals surface area contributed by atoms with Gasteiger partial charge in [-0.2, -0.15) is 0 Å². The Morgan fingerprint density at radius 2 is 1.34 bits per heavy atom. The van der Waals surface area contributed by atoms with Crippen molar-refractivity contribution >= 4 is 5.97 Å². The zero-order valence-electron chi connectivity index (χ0n) is 18.7. The van der Waals surface area contributed by atoms with Crippen molar-refractivity contribution in [2.45, 2.75) is 32.2 Å². The minimum absolute atomic E-state index is 0.232. The molecule has 0 saturated carbocycles. The van der Waals surface area contributed by atoms with E-state index in [0.717, 1.165) is 49.0 Å². The van der Waals surface area contributed by atoms with Gasteiger partial charge in [0.05, 0.1) is 12.7 Å². The molecule has 0 saturated heterocycles. The first-order valence-electron chi connectivity index (χ1n) is 10.9. The predicted molar refractivity (Wildman–Crippen MR) is 126 cm³/mol. The first kappa shape index (κ1) is 23.4. The highest BCUT2D eigenvalue weighted by Gasteiger charge is 2.16. The van der Waals surface area contributed by atoms with Gasteiger partial charge in [-0.15, -0.1) is 0 Å². The van der Waals surface area contributed by atoms with Crippen LogP contribution in [0.1, 0.15) is 34.0 Å². The standard InChI is InChI=1S/C27H31NO4/c1-20(19-21-11-13-24(14-12-21)27(31)32-2)28(17-15-22-7-3-5-9-25(22)29)18-16-23-8-4-6-10-26(23)30/h3-14,20,29-30H,15-19H2,1-2H3. The van der Waals surface area contributed by atoms with Crippen LogP contribution >= 0.6 is 0 Å². The van der Waals surface area contributed by atoms with E-state index in [0.29, 0.717) is 17.1 Å². The summed E-state index contributed by atoms with van der Waals surface area (Å²) in [5, 5.41) is 20.3. The highest BCUT2D eigenvalue weighted by atomic mass is 16.5. The third kappa shape index (κ3) is 6.34. The Labute approximate surface area is 189 Å². The van der Waals surface area contributed by atoms with Gasteiger partial charge in [-0.05, 0) is 67.1 Å². The number of para-hydroxylation sites is 2. The van der Waals surface area contributed by atoms with Crippen molar-refractivity contribution < 1.29 is 19.7 Å². The van der Waals surface area contributed by atoms with Crippen LogP contribution in [0.3, 0.4) is 0 Å². The molecule has 0 aliphatic carbocycles. The molecule has 0 heterocycles. The van der Waals surface area contributed by atoms with Gasteiger partial charge in [-0.3, -0.25) is 4.90 Å². The molecule has 1 unspecified atom stereocenters. The summed E-state index contributed by atoms with van der Waals surface area (Å²) >= 11 is 0. The van der Waals surface area contributed by atoms with Crippen molar-refractivity contribution in [1.29, 1.82) is 0 Å². The molecule has 0 radical (unpaired) electrons. The Morgan fingerprint density at radius 3 is 1.81 bits per heavy atom. The second kappa shape index (κ2) is 11.3. The summed E-state index contributed by atoms with van der Waals surface area (Å²) in [7, 11) is 1.38. The summed E-state index contributed by atoms with van der Waals surface area (Å²) in [6.07, 6.45) is 2.29. The van der Waals surface area contributed by atoms with Gasteiger partial charge in [0.25, 0.3) is 0 Å². The zero-order valence-corrected chi connectivity index (χ0v) is 18.7. The highest BCUT2D eigenvalue weighted by Crippen LogP contribution is 2.20. The molecule has 0 amide bonds. The Balaban J connectivity index is 1.70. The molecule has 0 aliphatic heterocycles. The van der Waals surface area contributed by atoms with E-state index in [1.54, 1.807) is 24.3 Å². The van der Waals surface area contributed by atoms with E-state index in [-0.39, 0.29) is 12.0 Å². The zero-order chi connectivity index (χ0) is 22.9. The largest absolute Gasteiger partial charge is 0.508 e. The van der Waals surface area contributed by atoms with Crippen LogP contribution in [0.5, 0.6) is 11.5 Å². The van der Waals surface area contributed by atoms with Crippen LogP contribution in [-0.4, -0.2) is 47.3 Å². The molecule has 5 heteroatoms.